The average Bonchev–Trinajstić information content (AvgIpc) is 3.15. The van der Waals surface area contributed by atoms with Gasteiger partial charge in [0.15, 0.2) is 0 Å². The Kier molecular flexibility index (Phi) is 5.31. The average molecular weight is 521 g/mol. The van der Waals surface area contributed by atoms with Crippen molar-refractivity contribution in [3.8, 4) is 0 Å². The Labute approximate surface area is 222 Å². The fourth-order valence-corrected chi connectivity index (χ4v) is 9.96. The van der Waals surface area contributed by atoms with Crippen LogP contribution in [0.1, 0.15) is 66.2 Å². The molecule has 2 amide bonds. The van der Waals surface area contributed by atoms with E-state index in [0.717, 1.165) is 19.3 Å². The first kappa shape index (κ1) is 25.3. The molecular formula is C30H36N2O6. The highest BCUT2D eigenvalue weighted by molar-refractivity contribution is 6.23. The van der Waals surface area contributed by atoms with Crippen molar-refractivity contribution in [1.82, 2.24) is 0 Å². The van der Waals surface area contributed by atoms with E-state index in [9.17, 15) is 29.6 Å². The molecule has 1 saturated heterocycles. The number of amides is 2. The van der Waals surface area contributed by atoms with Crippen molar-refractivity contribution in [2.24, 2.45) is 51.8 Å². The number of fused-ring (bicyclic) bond motifs is 1. The highest BCUT2D eigenvalue weighted by Crippen LogP contribution is 2.74. The van der Waals surface area contributed by atoms with Gasteiger partial charge in [-0.05, 0) is 74.2 Å². The first-order chi connectivity index (χ1) is 17.9. The number of rotatable bonds is 4. The van der Waals surface area contributed by atoms with Gasteiger partial charge in [-0.3, -0.25) is 24.5 Å². The number of aliphatic carboxylic acids is 1. The zero-order valence-corrected chi connectivity index (χ0v) is 22.5. The highest BCUT2D eigenvalue weighted by atomic mass is 16.6. The number of carboxylic acids is 1. The van der Waals surface area contributed by atoms with Crippen LogP contribution in [-0.4, -0.2) is 27.8 Å². The van der Waals surface area contributed by atoms with Crippen molar-refractivity contribution in [2.75, 3.05) is 4.90 Å². The summed E-state index contributed by atoms with van der Waals surface area (Å²) >= 11 is 0. The van der Waals surface area contributed by atoms with Crippen LogP contribution in [0.15, 0.2) is 35.9 Å². The second-order valence-electron chi connectivity index (χ2n) is 13.3. The molecule has 38 heavy (non-hydrogen) atoms. The molecule has 8 nitrogen and oxygen atoms in total. The normalized spacial score (nSPS) is 41.4. The molecule has 0 radical (unpaired) electrons. The van der Waals surface area contributed by atoms with Gasteiger partial charge in [0.25, 0.3) is 5.69 Å². The lowest BCUT2D eigenvalue weighted by atomic mass is 9.34. The molecule has 8 atom stereocenters. The lowest BCUT2D eigenvalue weighted by molar-refractivity contribution is -0.384. The first-order valence-corrected chi connectivity index (χ1v) is 13.9. The van der Waals surface area contributed by atoms with Crippen LogP contribution in [0.3, 0.4) is 0 Å². The zero-order valence-electron chi connectivity index (χ0n) is 22.5. The SMILES string of the molecule is CC(C)C1=C[C@@]23CC[C@H]4[C@@](C)(CCC[C@]4(C)C(=O)O)[C@@H]2C[C@@H]1[C@@H]1C(=O)N(c2cccc([N+](=O)[O-])c2)C(=O)[C@@H]13. The largest absolute Gasteiger partial charge is 0.481 e. The lowest BCUT2D eigenvalue weighted by Gasteiger charge is -2.68. The topological polar surface area (TPSA) is 118 Å². The maximum absolute atomic E-state index is 14.3. The van der Waals surface area contributed by atoms with Crippen molar-refractivity contribution >= 4 is 29.2 Å². The number of nitro benzene ring substituents is 1. The number of imide groups is 1. The smallest absolute Gasteiger partial charge is 0.309 e. The van der Waals surface area contributed by atoms with E-state index in [4.69, 9.17) is 0 Å². The summed E-state index contributed by atoms with van der Waals surface area (Å²) in [4.78, 5) is 53.0. The molecule has 1 aliphatic heterocycles. The number of nitro groups is 1. The summed E-state index contributed by atoms with van der Waals surface area (Å²) in [6, 6.07) is 5.80. The van der Waals surface area contributed by atoms with Gasteiger partial charge >= 0.3 is 5.97 Å². The van der Waals surface area contributed by atoms with Crippen LogP contribution in [0.5, 0.6) is 0 Å². The molecule has 6 aliphatic rings. The summed E-state index contributed by atoms with van der Waals surface area (Å²) in [6.45, 7) is 8.44. The van der Waals surface area contributed by atoms with Gasteiger partial charge in [-0.1, -0.05) is 44.9 Å². The van der Waals surface area contributed by atoms with Crippen molar-refractivity contribution in [1.29, 1.82) is 0 Å². The van der Waals surface area contributed by atoms with Crippen molar-refractivity contribution in [3.05, 3.63) is 46.0 Å². The Hall–Kier alpha value is -3.03. The molecule has 8 heteroatoms. The number of hydrogen-bond acceptors (Lipinski definition) is 5. The number of nitrogens with zero attached hydrogens (tertiary/aromatic N) is 2. The molecule has 0 unspecified atom stereocenters. The number of allylic oxidation sites excluding steroid dienone is 2. The van der Waals surface area contributed by atoms with Crippen LogP contribution >= 0.6 is 0 Å². The summed E-state index contributed by atoms with van der Waals surface area (Å²) in [6.07, 6.45) is 6.97. The van der Waals surface area contributed by atoms with Gasteiger partial charge in [0.05, 0.1) is 27.9 Å². The Bertz CT molecular complexity index is 1300. The van der Waals surface area contributed by atoms with Gasteiger partial charge in [-0.15, -0.1) is 0 Å². The number of hydrogen-bond donors (Lipinski definition) is 1. The van der Waals surface area contributed by atoms with Crippen LogP contribution in [0.2, 0.25) is 0 Å². The van der Waals surface area contributed by atoms with Crippen molar-refractivity contribution in [3.63, 3.8) is 0 Å². The zero-order chi connectivity index (χ0) is 27.4. The monoisotopic (exact) mass is 520 g/mol. The first-order valence-electron chi connectivity index (χ1n) is 13.9. The predicted molar refractivity (Wildman–Crippen MR) is 140 cm³/mol. The molecule has 1 spiro atoms. The van der Waals surface area contributed by atoms with Crippen molar-refractivity contribution in [2.45, 2.75) is 66.2 Å². The number of non-ortho nitro benzene ring substituents is 1. The molecule has 5 aliphatic carbocycles. The van der Waals surface area contributed by atoms with Gasteiger partial charge in [0, 0.05) is 17.5 Å². The van der Waals surface area contributed by atoms with E-state index in [1.54, 1.807) is 6.07 Å². The highest BCUT2D eigenvalue weighted by Gasteiger charge is 2.73. The predicted octanol–water partition coefficient (Wildman–Crippen LogP) is 5.61. The summed E-state index contributed by atoms with van der Waals surface area (Å²) in [5, 5.41) is 21.7. The van der Waals surface area contributed by atoms with E-state index in [2.05, 4.69) is 26.8 Å². The maximum atomic E-state index is 14.3. The van der Waals surface area contributed by atoms with E-state index in [0.29, 0.717) is 19.3 Å². The van der Waals surface area contributed by atoms with E-state index in [1.807, 2.05) is 6.92 Å². The van der Waals surface area contributed by atoms with Crippen LogP contribution < -0.4 is 4.90 Å². The number of carbonyl (C=O) groups excluding carboxylic acids is 2. The van der Waals surface area contributed by atoms with Crippen LogP contribution in [-0.2, 0) is 14.4 Å². The van der Waals surface area contributed by atoms with Crippen molar-refractivity contribution < 1.29 is 24.4 Å². The summed E-state index contributed by atoms with van der Waals surface area (Å²) in [7, 11) is 0. The molecule has 1 N–H and O–H groups in total. The molecule has 3 saturated carbocycles. The Morgan fingerprint density at radius 2 is 1.87 bits per heavy atom. The third kappa shape index (κ3) is 3.00. The van der Waals surface area contributed by atoms with E-state index in [1.165, 1.54) is 28.7 Å². The van der Waals surface area contributed by atoms with Crippen LogP contribution in [0.25, 0.3) is 0 Å². The van der Waals surface area contributed by atoms with Crippen LogP contribution in [0.4, 0.5) is 11.4 Å². The molecule has 1 aromatic carbocycles. The van der Waals surface area contributed by atoms with E-state index < -0.39 is 33.6 Å². The third-order valence-corrected chi connectivity index (χ3v) is 11.5. The number of benzene rings is 1. The molecule has 4 fully saturated rings. The molecule has 7 rings (SSSR count). The van der Waals surface area contributed by atoms with Gasteiger partial charge < -0.3 is 5.11 Å². The van der Waals surface area contributed by atoms with E-state index in [-0.39, 0.29) is 52.3 Å². The number of carboxylic acid groups (broad SMARTS) is 1. The fourth-order valence-electron chi connectivity index (χ4n) is 9.96. The molecule has 1 heterocycles. The van der Waals surface area contributed by atoms with Crippen LogP contribution in [0, 0.1) is 61.9 Å². The quantitative estimate of drug-likeness (QED) is 0.239. The maximum Gasteiger partial charge on any atom is 0.309 e. The minimum Gasteiger partial charge on any atom is -0.481 e. The third-order valence-electron chi connectivity index (χ3n) is 11.5. The molecule has 202 valence electrons. The molecule has 0 aromatic heterocycles. The van der Waals surface area contributed by atoms with Gasteiger partial charge in [0.1, 0.15) is 0 Å². The molecular weight excluding hydrogens is 484 g/mol. The number of anilines is 1. The standard InChI is InChI=1S/C30H36N2O6/c1-16(2)20-15-30-12-9-21-28(3,10-6-11-29(21,4)27(35)36)22(30)14-19(20)23-24(30)26(34)31(25(23)33)17-7-5-8-18(13-17)32(37)38/h5,7-8,13,15-16,19,21-24H,6,9-12,14H2,1-4H3,(H,35,36)/t19-,21-,22-,23-,24+,28+,29-,30-/m0/s1. The second kappa shape index (κ2) is 7.99. The Morgan fingerprint density at radius 1 is 1.13 bits per heavy atom. The van der Waals surface area contributed by atoms with Gasteiger partial charge in [-0.2, -0.15) is 0 Å². The van der Waals surface area contributed by atoms with Gasteiger partial charge in [-0.25, -0.2) is 4.90 Å². The number of carbonyl (C=O) groups is 3. The Morgan fingerprint density at radius 3 is 2.53 bits per heavy atom. The minimum absolute atomic E-state index is 0.0191. The lowest BCUT2D eigenvalue weighted by Crippen LogP contribution is -2.65. The second-order valence-corrected chi connectivity index (χ2v) is 13.3. The van der Waals surface area contributed by atoms with E-state index >= 15 is 0 Å². The fraction of sp³-hybridized carbons (Fsp3) is 0.633. The summed E-state index contributed by atoms with van der Waals surface area (Å²) in [5.74, 6) is -1.95. The van der Waals surface area contributed by atoms with Gasteiger partial charge in [0.2, 0.25) is 11.8 Å². The minimum atomic E-state index is -0.792. The Balaban J connectivity index is 1.48. The summed E-state index contributed by atoms with van der Waals surface area (Å²) in [5.41, 5.74) is -0.195. The molecule has 2 bridgehead atoms. The molecule has 1 aromatic rings. The summed E-state index contributed by atoms with van der Waals surface area (Å²) < 4.78 is 0.